The molecule has 206 valence electrons. The normalized spacial score (nSPS) is 21.5. The van der Waals surface area contributed by atoms with E-state index in [4.69, 9.17) is 4.74 Å². The van der Waals surface area contributed by atoms with Crippen LogP contribution in [0.4, 0.5) is 4.39 Å². The lowest BCUT2D eigenvalue weighted by Gasteiger charge is -2.26. The summed E-state index contributed by atoms with van der Waals surface area (Å²) in [5.74, 6) is 0.787. The van der Waals surface area contributed by atoms with Gasteiger partial charge < -0.3 is 31.3 Å². The van der Waals surface area contributed by atoms with Crippen LogP contribution in [0.15, 0.2) is 18.2 Å². The van der Waals surface area contributed by atoms with Gasteiger partial charge in [-0.3, -0.25) is 9.80 Å². The molecular formula is C27H50FN7O. The highest BCUT2D eigenvalue weighted by atomic mass is 19.1. The van der Waals surface area contributed by atoms with Crippen molar-refractivity contribution < 1.29 is 9.13 Å². The fourth-order valence-corrected chi connectivity index (χ4v) is 4.84. The van der Waals surface area contributed by atoms with Gasteiger partial charge in [0.1, 0.15) is 19.0 Å². The van der Waals surface area contributed by atoms with E-state index in [9.17, 15) is 4.39 Å². The van der Waals surface area contributed by atoms with Crippen molar-refractivity contribution in [3.05, 3.63) is 29.3 Å². The molecule has 5 N–H and O–H groups in total. The van der Waals surface area contributed by atoms with Gasteiger partial charge in [-0.05, 0) is 49.2 Å². The molecule has 0 atom stereocenters. The fourth-order valence-electron chi connectivity index (χ4n) is 4.84. The third kappa shape index (κ3) is 12.8. The lowest BCUT2D eigenvalue weighted by Crippen LogP contribution is -2.41. The molecule has 0 amide bonds. The minimum atomic E-state index is -0.468. The van der Waals surface area contributed by atoms with Crippen LogP contribution in [0.2, 0.25) is 0 Å². The van der Waals surface area contributed by atoms with Gasteiger partial charge in [-0.15, -0.1) is 0 Å². The summed E-state index contributed by atoms with van der Waals surface area (Å²) in [4.78, 5) is 5.06. The van der Waals surface area contributed by atoms with E-state index >= 15 is 0 Å². The topological polar surface area (TPSA) is 75.9 Å². The van der Waals surface area contributed by atoms with Crippen LogP contribution in [0, 0.1) is 0 Å². The Morgan fingerprint density at radius 1 is 0.583 bits per heavy atom. The van der Waals surface area contributed by atoms with E-state index in [1.165, 1.54) is 30.4 Å². The van der Waals surface area contributed by atoms with E-state index in [1.54, 1.807) is 0 Å². The first-order valence-corrected chi connectivity index (χ1v) is 14.1. The molecule has 9 heteroatoms. The van der Waals surface area contributed by atoms with E-state index in [0.717, 1.165) is 110 Å². The summed E-state index contributed by atoms with van der Waals surface area (Å²) >= 11 is 0. The Morgan fingerprint density at radius 2 is 1.08 bits per heavy atom. The lowest BCUT2D eigenvalue weighted by molar-refractivity contribution is 0.251. The molecule has 2 aliphatic rings. The van der Waals surface area contributed by atoms with Gasteiger partial charge in [0.15, 0.2) is 0 Å². The van der Waals surface area contributed by atoms with Gasteiger partial charge in [-0.2, -0.15) is 0 Å². The Morgan fingerprint density at radius 3 is 1.64 bits per heavy atom. The number of halogens is 1. The molecule has 0 aromatic heterocycles. The molecule has 0 radical (unpaired) electrons. The summed E-state index contributed by atoms with van der Waals surface area (Å²) in [5.41, 5.74) is 2.50. The third-order valence-corrected chi connectivity index (χ3v) is 6.76. The maximum atomic E-state index is 12.9. The van der Waals surface area contributed by atoms with E-state index in [-0.39, 0.29) is 6.61 Å². The van der Waals surface area contributed by atoms with Crippen molar-refractivity contribution in [2.24, 2.45) is 0 Å². The van der Waals surface area contributed by atoms with Crippen LogP contribution in [0.1, 0.15) is 30.4 Å². The average Bonchev–Trinajstić information content (AvgIpc) is 2.86. The van der Waals surface area contributed by atoms with E-state index in [0.29, 0.717) is 0 Å². The smallest absolute Gasteiger partial charge is 0.123 e. The Hall–Kier alpha value is -1.33. The maximum absolute atomic E-state index is 12.9. The Labute approximate surface area is 218 Å². The van der Waals surface area contributed by atoms with Crippen molar-refractivity contribution >= 4 is 0 Å². The molecule has 2 aliphatic heterocycles. The molecule has 2 fully saturated rings. The van der Waals surface area contributed by atoms with Gasteiger partial charge >= 0.3 is 0 Å². The largest absolute Gasteiger partial charge is 0.491 e. The van der Waals surface area contributed by atoms with Gasteiger partial charge in [-0.25, -0.2) is 4.39 Å². The molecule has 0 bridgehead atoms. The van der Waals surface area contributed by atoms with Crippen LogP contribution in [0.3, 0.4) is 0 Å². The highest BCUT2D eigenvalue weighted by molar-refractivity contribution is 5.34. The van der Waals surface area contributed by atoms with Crippen molar-refractivity contribution in [1.29, 1.82) is 0 Å². The second-order valence-corrected chi connectivity index (χ2v) is 9.89. The van der Waals surface area contributed by atoms with Crippen LogP contribution in [-0.4, -0.2) is 115 Å². The number of nitrogens with zero attached hydrogens (tertiary/aromatic N) is 2. The average molecular weight is 508 g/mol. The van der Waals surface area contributed by atoms with E-state index < -0.39 is 6.67 Å². The molecule has 0 spiro atoms. The summed E-state index contributed by atoms with van der Waals surface area (Å²) in [6, 6.07) is 6.54. The highest BCUT2D eigenvalue weighted by Crippen LogP contribution is 2.21. The third-order valence-electron chi connectivity index (χ3n) is 6.76. The van der Waals surface area contributed by atoms with Crippen LogP contribution in [0.25, 0.3) is 0 Å². The lowest BCUT2D eigenvalue weighted by atomic mass is 10.1. The quantitative estimate of drug-likeness (QED) is 0.371. The first kappa shape index (κ1) is 29.2. The first-order chi connectivity index (χ1) is 17.8. The summed E-state index contributed by atoms with van der Waals surface area (Å²) in [7, 11) is 0. The predicted molar refractivity (Wildman–Crippen MR) is 147 cm³/mol. The number of hydrogen-bond donors (Lipinski definition) is 5. The van der Waals surface area contributed by atoms with E-state index in [1.807, 2.05) is 0 Å². The second kappa shape index (κ2) is 18.8. The first-order valence-electron chi connectivity index (χ1n) is 14.1. The number of benzene rings is 1. The predicted octanol–water partition coefficient (Wildman–Crippen LogP) is 0.784. The van der Waals surface area contributed by atoms with Crippen molar-refractivity contribution in [1.82, 2.24) is 36.4 Å². The highest BCUT2D eigenvalue weighted by Gasteiger charge is 2.12. The Balaban J connectivity index is 1.65. The van der Waals surface area contributed by atoms with Crippen LogP contribution in [0.5, 0.6) is 5.75 Å². The summed E-state index contributed by atoms with van der Waals surface area (Å²) < 4.78 is 18.7. The SMILES string of the molecule is FCCOc1cc(CN2CCCCCNCCNCC2)cc(CN2CCNCCNCCNCC2)c1. The molecule has 1 aromatic carbocycles. The molecule has 1 aromatic rings. The van der Waals surface area contributed by atoms with Gasteiger partial charge in [0, 0.05) is 91.6 Å². The Kier molecular flexibility index (Phi) is 15.3. The summed E-state index contributed by atoms with van der Waals surface area (Å²) in [6.45, 7) is 15.6. The number of alkyl halides is 1. The van der Waals surface area contributed by atoms with Crippen molar-refractivity contribution in [2.45, 2.75) is 32.4 Å². The molecular weight excluding hydrogens is 457 g/mol. The van der Waals surface area contributed by atoms with Gasteiger partial charge in [0.2, 0.25) is 0 Å². The van der Waals surface area contributed by atoms with Crippen molar-refractivity contribution in [2.75, 3.05) is 105 Å². The van der Waals surface area contributed by atoms with Crippen LogP contribution in [-0.2, 0) is 13.1 Å². The molecule has 2 saturated heterocycles. The van der Waals surface area contributed by atoms with Crippen LogP contribution >= 0.6 is 0 Å². The summed E-state index contributed by atoms with van der Waals surface area (Å²) in [5, 5.41) is 17.6. The number of rotatable bonds is 7. The zero-order valence-electron chi connectivity index (χ0n) is 22.3. The molecule has 36 heavy (non-hydrogen) atoms. The van der Waals surface area contributed by atoms with E-state index in [2.05, 4.69) is 54.6 Å². The molecule has 3 rings (SSSR count). The van der Waals surface area contributed by atoms with Gasteiger partial charge in [0.25, 0.3) is 0 Å². The minimum absolute atomic E-state index is 0.107. The van der Waals surface area contributed by atoms with Crippen molar-refractivity contribution in [3.63, 3.8) is 0 Å². The summed E-state index contributed by atoms with van der Waals surface area (Å²) in [6.07, 6.45) is 3.71. The fraction of sp³-hybridized carbons (Fsp3) is 0.778. The number of hydrogen-bond acceptors (Lipinski definition) is 8. The maximum Gasteiger partial charge on any atom is 0.123 e. The van der Waals surface area contributed by atoms with Crippen LogP contribution < -0.4 is 31.3 Å². The molecule has 0 aliphatic carbocycles. The zero-order valence-corrected chi connectivity index (χ0v) is 22.3. The van der Waals surface area contributed by atoms with Crippen molar-refractivity contribution in [3.8, 4) is 5.75 Å². The van der Waals surface area contributed by atoms with Gasteiger partial charge in [-0.1, -0.05) is 12.5 Å². The molecule has 2 heterocycles. The van der Waals surface area contributed by atoms with Gasteiger partial charge in [0.05, 0.1) is 0 Å². The number of ether oxygens (including phenoxy) is 1. The molecule has 0 saturated carbocycles. The monoisotopic (exact) mass is 507 g/mol. The second-order valence-electron chi connectivity index (χ2n) is 9.89. The Bertz CT molecular complexity index is 622. The zero-order chi connectivity index (χ0) is 25.1. The standard InChI is InChI=1S/C27H50FN7O/c28-4-19-36-27-21-25(23-34-15-3-1-2-5-29-6-9-31-12-16-34)20-26(22-27)24-35-17-13-32-10-7-30-8-11-33-14-18-35/h20-22,29-33H,1-19,23-24H2. The number of nitrogens with one attached hydrogen (secondary N) is 5. The molecule has 8 nitrogen and oxygen atoms in total. The minimum Gasteiger partial charge on any atom is -0.491 e. The molecule has 0 unspecified atom stereocenters.